The SMILES string of the molecule is CCOC1(c2ccccc2)OC=C(c2ccccc2)C1=O. The summed E-state index contributed by atoms with van der Waals surface area (Å²) in [7, 11) is 0. The second-order valence-corrected chi connectivity index (χ2v) is 4.76. The Morgan fingerprint density at radius 3 is 2.24 bits per heavy atom. The zero-order chi connectivity index (χ0) is 14.7. The minimum absolute atomic E-state index is 0.165. The largest absolute Gasteiger partial charge is 0.458 e. The number of ketones is 1. The molecule has 0 saturated carbocycles. The van der Waals surface area contributed by atoms with E-state index in [-0.39, 0.29) is 5.78 Å². The van der Waals surface area contributed by atoms with Gasteiger partial charge in [0.05, 0.1) is 11.8 Å². The van der Waals surface area contributed by atoms with Crippen LogP contribution < -0.4 is 0 Å². The third-order valence-corrected chi connectivity index (χ3v) is 3.47. The van der Waals surface area contributed by atoms with Crippen molar-refractivity contribution >= 4 is 11.4 Å². The van der Waals surface area contributed by atoms with Crippen molar-refractivity contribution in [2.24, 2.45) is 0 Å². The predicted molar refractivity (Wildman–Crippen MR) is 80.3 cm³/mol. The summed E-state index contributed by atoms with van der Waals surface area (Å²) in [6.07, 6.45) is 1.50. The molecule has 21 heavy (non-hydrogen) atoms. The van der Waals surface area contributed by atoms with E-state index in [1.807, 2.05) is 67.6 Å². The number of benzene rings is 2. The van der Waals surface area contributed by atoms with Crippen LogP contribution in [0, 0.1) is 0 Å². The normalized spacial score (nSPS) is 21.0. The van der Waals surface area contributed by atoms with Gasteiger partial charge >= 0.3 is 5.79 Å². The molecule has 0 radical (unpaired) electrons. The smallest absolute Gasteiger partial charge is 0.302 e. The van der Waals surface area contributed by atoms with E-state index in [1.54, 1.807) is 0 Å². The minimum atomic E-state index is -1.36. The highest BCUT2D eigenvalue weighted by molar-refractivity contribution is 6.25. The molecule has 0 saturated heterocycles. The fourth-order valence-corrected chi connectivity index (χ4v) is 2.49. The molecule has 0 amide bonds. The lowest BCUT2D eigenvalue weighted by Crippen LogP contribution is -2.37. The van der Waals surface area contributed by atoms with Gasteiger partial charge in [-0.25, -0.2) is 0 Å². The van der Waals surface area contributed by atoms with E-state index in [2.05, 4.69) is 0 Å². The van der Waals surface area contributed by atoms with Crippen molar-refractivity contribution in [1.82, 2.24) is 0 Å². The topological polar surface area (TPSA) is 35.5 Å². The third kappa shape index (κ3) is 2.26. The van der Waals surface area contributed by atoms with Crippen molar-refractivity contribution in [3.8, 4) is 0 Å². The molecule has 3 nitrogen and oxygen atoms in total. The number of carbonyl (C=O) groups is 1. The first-order chi connectivity index (χ1) is 10.3. The van der Waals surface area contributed by atoms with Gasteiger partial charge in [0.2, 0.25) is 5.78 Å². The van der Waals surface area contributed by atoms with Gasteiger partial charge in [-0.2, -0.15) is 0 Å². The quantitative estimate of drug-likeness (QED) is 0.859. The van der Waals surface area contributed by atoms with Crippen LogP contribution in [-0.4, -0.2) is 12.4 Å². The Morgan fingerprint density at radius 1 is 1.00 bits per heavy atom. The molecule has 0 N–H and O–H groups in total. The Balaban J connectivity index is 2.01. The van der Waals surface area contributed by atoms with E-state index >= 15 is 0 Å². The molecule has 0 fully saturated rings. The van der Waals surface area contributed by atoms with E-state index in [9.17, 15) is 4.79 Å². The van der Waals surface area contributed by atoms with E-state index in [1.165, 1.54) is 6.26 Å². The predicted octanol–water partition coefficient (Wildman–Crippen LogP) is 3.52. The van der Waals surface area contributed by atoms with Crippen LogP contribution in [0.5, 0.6) is 0 Å². The molecule has 1 heterocycles. The molecule has 1 aliphatic heterocycles. The van der Waals surface area contributed by atoms with Crippen LogP contribution >= 0.6 is 0 Å². The number of hydrogen-bond acceptors (Lipinski definition) is 3. The molecular formula is C18H16O3. The van der Waals surface area contributed by atoms with Crippen LogP contribution in [0.3, 0.4) is 0 Å². The number of ether oxygens (including phenoxy) is 2. The zero-order valence-electron chi connectivity index (χ0n) is 11.8. The maximum absolute atomic E-state index is 12.9. The van der Waals surface area contributed by atoms with Crippen LogP contribution in [0.1, 0.15) is 18.1 Å². The van der Waals surface area contributed by atoms with Crippen molar-refractivity contribution in [2.75, 3.05) is 6.61 Å². The van der Waals surface area contributed by atoms with Crippen LogP contribution in [0.25, 0.3) is 5.57 Å². The molecule has 106 valence electrons. The van der Waals surface area contributed by atoms with Gasteiger partial charge in [-0.05, 0) is 12.5 Å². The summed E-state index contributed by atoms with van der Waals surface area (Å²) in [4.78, 5) is 12.9. The lowest BCUT2D eigenvalue weighted by Gasteiger charge is -2.27. The van der Waals surface area contributed by atoms with Crippen molar-refractivity contribution in [3.63, 3.8) is 0 Å². The van der Waals surface area contributed by atoms with Crippen molar-refractivity contribution in [1.29, 1.82) is 0 Å². The average Bonchev–Trinajstić information content (AvgIpc) is 2.88. The molecule has 1 atom stereocenters. The van der Waals surface area contributed by atoms with Gasteiger partial charge in [-0.15, -0.1) is 0 Å². The monoisotopic (exact) mass is 280 g/mol. The van der Waals surface area contributed by atoms with E-state index in [4.69, 9.17) is 9.47 Å². The first-order valence-electron chi connectivity index (χ1n) is 6.95. The van der Waals surface area contributed by atoms with Crippen molar-refractivity contribution in [3.05, 3.63) is 78.1 Å². The lowest BCUT2D eigenvalue weighted by molar-refractivity contribution is -0.200. The summed E-state index contributed by atoms with van der Waals surface area (Å²) < 4.78 is 11.4. The van der Waals surface area contributed by atoms with Crippen LogP contribution in [0.15, 0.2) is 66.9 Å². The Bertz CT molecular complexity index is 661. The molecule has 0 spiro atoms. The standard InChI is InChI=1S/C18H16O3/c1-2-20-18(15-11-7-4-8-12-15)17(19)16(13-21-18)14-9-5-3-6-10-14/h3-13H,2H2,1H3. The Kier molecular flexibility index (Phi) is 3.59. The molecule has 0 bridgehead atoms. The fraction of sp³-hybridized carbons (Fsp3) is 0.167. The van der Waals surface area contributed by atoms with Gasteiger partial charge in [0.25, 0.3) is 0 Å². The molecule has 1 aliphatic rings. The Labute approximate surface area is 123 Å². The van der Waals surface area contributed by atoms with Gasteiger partial charge in [0.1, 0.15) is 0 Å². The molecule has 0 aliphatic carbocycles. The van der Waals surface area contributed by atoms with Crippen LogP contribution in [-0.2, 0) is 20.1 Å². The van der Waals surface area contributed by atoms with Gasteiger partial charge in [0.15, 0.2) is 0 Å². The molecule has 1 unspecified atom stereocenters. The summed E-state index contributed by atoms with van der Waals surface area (Å²) in [6.45, 7) is 2.23. The Hall–Kier alpha value is -2.39. The summed E-state index contributed by atoms with van der Waals surface area (Å²) >= 11 is 0. The van der Waals surface area contributed by atoms with E-state index in [0.29, 0.717) is 17.7 Å². The minimum Gasteiger partial charge on any atom is -0.458 e. The molecule has 2 aromatic carbocycles. The van der Waals surface area contributed by atoms with Gasteiger partial charge < -0.3 is 9.47 Å². The van der Waals surface area contributed by atoms with Gasteiger partial charge in [-0.3, -0.25) is 4.79 Å². The molecule has 2 aromatic rings. The lowest BCUT2D eigenvalue weighted by atomic mass is 9.94. The second-order valence-electron chi connectivity index (χ2n) is 4.76. The van der Waals surface area contributed by atoms with Crippen LogP contribution in [0.2, 0.25) is 0 Å². The molecule has 0 aromatic heterocycles. The summed E-state index contributed by atoms with van der Waals surface area (Å²) in [5.41, 5.74) is 2.08. The van der Waals surface area contributed by atoms with E-state index < -0.39 is 5.79 Å². The molecule has 3 heteroatoms. The maximum Gasteiger partial charge on any atom is 0.302 e. The highest BCUT2D eigenvalue weighted by atomic mass is 16.7. The zero-order valence-corrected chi connectivity index (χ0v) is 11.8. The number of hydrogen-bond donors (Lipinski definition) is 0. The van der Waals surface area contributed by atoms with E-state index in [0.717, 1.165) is 5.56 Å². The summed E-state index contributed by atoms with van der Waals surface area (Å²) in [5.74, 6) is -1.52. The number of rotatable bonds is 4. The Morgan fingerprint density at radius 2 is 1.62 bits per heavy atom. The first-order valence-corrected chi connectivity index (χ1v) is 6.95. The summed E-state index contributed by atoms with van der Waals surface area (Å²) in [5, 5.41) is 0. The highest BCUT2D eigenvalue weighted by Crippen LogP contribution is 2.39. The third-order valence-electron chi connectivity index (χ3n) is 3.47. The van der Waals surface area contributed by atoms with Crippen LogP contribution in [0.4, 0.5) is 0 Å². The maximum atomic E-state index is 12.9. The molecular weight excluding hydrogens is 264 g/mol. The highest BCUT2D eigenvalue weighted by Gasteiger charge is 2.49. The van der Waals surface area contributed by atoms with Gasteiger partial charge in [-0.1, -0.05) is 60.7 Å². The van der Waals surface area contributed by atoms with Crippen molar-refractivity contribution in [2.45, 2.75) is 12.7 Å². The average molecular weight is 280 g/mol. The molecule has 3 rings (SSSR count). The fourth-order valence-electron chi connectivity index (χ4n) is 2.49. The number of Topliss-reactive ketones (excluding diaryl/α,β-unsaturated/α-hetero) is 1. The van der Waals surface area contributed by atoms with Crippen molar-refractivity contribution < 1.29 is 14.3 Å². The first kappa shape index (κ1) is 13.6. The van der Waals surface area contributed by atoms with Gasteiger partial charge in [0, 0.05) is 12.2 Å². The summed E-state index contributed by atoms with van der Waals surface area (Å²) in [6, 6.07) is 18.8. The number of carbonyl (C=O) groups excluding carboxylic acids is 1. The second kappa shape index (κ2) is 5.54.